The number of thioether (sulfide) groups is 1. The Morgan fingerprint density at radius 1 is 1.19 bits per heavy atom. The van der Waals surface area contributed by atoms with E-state index < -0.39 is 32.7 Å². The van der Waals surface area contributed by atoms with Gasteiger partial charge < -0.3 is 10.2 Å². The van der Waals surface area contributed by atoms with Gasteiger partial charge in [-0.05, 0) is 56.2 Å². The molecule has 2 N–H and O–H groups in total. The summed E-state index contributed by atoms with van der Waals surface area (Å²) in [5.74, 6) is -0.525. The van der Waals surface area contributed by atoms with Crippen molar-refractivity contribution in [2.75, 3.05) is 25.1 Å². The Bertz CT molecular complexity index is 870. The van der Waals surface area contributed by atoms with Crippen molar-refractivity contribution in [1.82, 2.24) is 14.9 Å². The lowest BCUT2D eigenvalue weighted by Gasteiger charge is -2.35. The van der Waals surface area contributed by atoms with E-state index in [1.54, 1.807) is 0 Å². The number of rotatable bonds is 11. The lowest BCUT2D eigenvalue weighted by Crippen LogP contribution is -2.53. The van der Waals surface area contributed by atoms with Gasteiger partial charge >= 0.3 is 0 Å². The maximum absolute atomic E-state index is 14.0. The van der Waals surface area contributed by atoms with E-state index in [9.17, 15) is 22.4 Å². The number of nitrogens with zero attached hydrogens (tertiary/aromatic N) is 1. The van der Waals surface area contributed by atoms with Crippen LogP contribution in [0.1, 0.15) is 46.0 Å². The van der Waals surface area contributed by atoms with Crippen LogP contribution < -0.4 is 10.0 Å². The average Bonchev–Trinajstić information content (AvgIpc) is 2.78. The first-order valence-electron chi connectivity index (χ1n) is 11.1. The molecule has 1 aromatic carbocycles. The third-order valence-electron chi connectivity index (χ3n) is 5.84. The summed E-state index contributed by atoms with van der Waals surface area (Å²) in [4.78, 5) is 26.8. The molecule has 2 amide bonds. The van der Waals surface area contributed by atoms with E-state index in [-0.39, 0.29) is 24.3 Å². The summed E-state index contributed by atoms with van der Waals surface area (Å²) in [5.41, 5.74) is 0. The largest absolute Gasteiger partial charge is 0.352 e. The van der Waals surface area contributed by atoms with Gasteiger partial charge in [0.05, 0.1) is 0 Å². The molecule has 1 aromatic rings. The van der Waals surface area contributed by atoms with Crippen LogP contribution in [0, 0.1) is 11.7 Å². The van der Waals surface area contributed by atoms with E-state index in [0.717, 1.165) is 18.9 Å². The Kier molecular flexibility index (Phi) is 10.4. The number of likely N-dealkylation sites (tertiary alicyclic amines) is 1. The summed E-state index contributed by atoms with van der Waals surface area (Å²) in [7, 11) is -4.19. The van der Waals surface area contributed by atoms with Gasteiger partial charge in [-0.15, -0.1) is 0 Å². The lowest BCUT2D eigenvalue weighted by molar-refractivity contribution is -0.137. The quantitative estimate of drug-likeness (QED) is 0.500. The van der Waals surface area contributed by atoms with Gasteiger partial charge in [0.15, 0.2) is 0 Å². The zero-order valence-corrected chi connectivity index (χ0v) is 20.6. The molecule has 32 heavy (non-hydrogen) atoms. The highest BCUT2D eigenvalue weighted by molar-refractivity contribution is 7.98. The van der Waals surface area contributed by atoms with Crippen LogP contribution >= 0.6 is 11.8 Å². The molecule has 180 valence electrons. The number of carbonyl (C=O) groups is 2. The Labute approximate surface area is 194 Å². The fourth-order valence-electron chi connectivity index (χ4n) is 3.83. The molecular formula is C22H34FN3O4S2. The van der Waals surface area contributed by atoms with Gasteiger partial charge in [-0.25, -0.2) is 12.8 Å². The minimum absolute atomic E-state index is 0.0323. The maximum atomic E-state index is 14.0. The van der Waals surface area contributed by atoms with Crippen LogP contribution in [0.2, 0.25) is 0 Å². The van der Waals surface area contributed by atoms with Gasteiger partial charge in [-0.3, -0.25) is 9.59 Å². The first-order valence-corrected chi connectivity index (χ1v) is 14.0. The van der Waals surface area contributed by atoms with E-state index >= 15 is 0 Å². The second kappa shape index (κ2) is 12.6. The number of carbonyl (C=O) groups excluding carboxylic acids is 2. The number of nitrogens with one attached hydrogen (secondary N) is 2. The molecule has 1 saturated heterocycles. The molecule has 0 aromatic heterocycles. The molecule has 1 heterocycles. The number of amides is 2. The number of hydrogen-bond donors (Lipinski definition) is 2. The maximum Gasteiger partial charge on any atom is 0.244 e. The molecule has 1 aliphatic heterocycles. The second-order valence-electron chi connectivity index (χ2n) is 8.01. The predicted octanol–water partition coefficient (Wildman–Crippen LogP) is 2.77. The average molecular weight is 488 g/mol. The molecule has 10 heteroatoms. The Balaban J connectivity index is 2.00. The van der Waals surface area contributed by atoms with Gasteiger partial charge in [-0.1, -0.05) is 26.0 Å². The Morgan fingerprint density at radius 3 is 2.38 bits per heavy atom. The Morgan fingerprint density at radius 2 is 1.81 bits per heavy atom. The summed E-state index contributed by atoms with van der Waals surface area (Å²) < 4.78 is 41.7. The van der Waals surface area contributed by atoms with Crippen LogP contribution in [0.3, 0.4) is 0 Å². The Hall–Kier alpha value is -1.65. The summed E-state index contributed by atoms with van der Waals surface area (Å²) in [5, 5.41) is 2.93. The van der Waals surface area contributed by atoms with Gasteiger partial charge in [0.1, 0.15) is 16.8 Å². The summed E-state index contributed by atoms with van der Waals surface area (Å²) in [6, 6.07) is 3.95. The van der Waals surface area contributed by atoms with Crippen LogP contribution in [0.15, 0.2) is 29.2 Å². The molecule has 7 nitrogen and oxygen atoms in total. The number of piperidine rings is 1. The van der Waals surface area contributed by atoms with Crippen molar-refractivity contribution >= 4 is 33.6 Å². The number of hydrogen-bond acceptors (Lipinski definition) is 5. The van der Waals surface area contributed by atoms with E-state index in [1.165, 1.54) is 30.0 Å². The van der Waals surface area contributed by atoms with Crippen LogP contribution in [0.4, 0.5) is 4.39 Å². The first kappa shape index (κ1) is 26.6. The molecule has 0 saturated carbocycles. The number of sulfonamides is 1. The van der Waals surface area contributed by atoms with Crippen LogP contribution in [0.25, 0.3) is 0 Å². The highest BCUT2D eigenvalue weighted by Gasteiger charge is 2.31. The topological polar surface area (TPSA) is 95.6 Å². The van der Waals surface area contributed by atoms with Crippen LogP contribution in [0.5, 0.6) is 0 Å². The third kappa shape index (κ3) is 7.18. The first-order chi connectivity index (χ1) is 15.2. The van der Waals surface area contributed by atoms with Crippen molar-refractivity contribution in [3.05, 3.63) is 30.1 Å². The normalized spacial score (nSPS) is 16.2. The minimum atomic E-state index is -4.19. The summed E-state index contributed by atoms with van der Waals surface area (Å²) in [6.45, 7) is 5.15. The fraction of sp³-hybridized carbons (Fsp3) is 0.636. The molecule has 1 unspecified atom stereocenters. The van der Waals surface area contributed by atoms with Gasteiger partial charge in [0.2, 0.25) is 21.8 Å². The van der Waals surface area contributed by atoms with E-state index in [1.807, 2.05) is 25.0 Å². The molecule has 1 fully saturated rings. The molecule has 1 atom stereocenters. The van der Waals surface area contributed by atoms with Crippen molar-refractivity contribution in [2.24, 2.45) is 5.92 Å². The van der Waals surface area contributed by atoms with E-state index in [4.69, 9.17) is 0 Å². The lowest BCUT2D eigenvalue weighted by atomic mass is 9.98. The van der Waals surface area contributed by atoms with Crippen molar-refractivity contribution in [2.45, 2.75) is 62.9 Å². The number of benzene rings is 1. The molecule has 0 spiro atoms. The minimum Gasteiger partial charge on any atom is -0.352 e. The molecule has 0 radical (unpaired) electrons. The number of halogens is 1. The highest BCUT2D eigenvalue weighted by atomic mass is 32.2. The zero-order valence-electron chi connectivity index (χ0n) is 19.0. The fourth-order valence-corrected chi connectivity index (χ4v) is 5.62. The third-order valence-corrected chi connectivity index (χ3v) is 7.99. The van der Waals surface area contributed by atoms with Crippen LogP contribution in [-0.2, 0) is 19.6 Å². The van der Waals surface area contributed by atoms with Crippen molar-refractivity contribution in [3.63, 3.8) is 0 Å². The molecule has 0 bridgehead atoms. The standard InChI is InChI=1S/C22H34FN3O4S2/c1-4-16(5-2)22(28)26-13-10-17(11-14-26)24-21(27)19(12-15-31-3)25-32(29,30)20-9-7-6-8-18(20)23/h6-9,16-17,19,25H,4-5,10-15H2,1-3H3,(H,24,27). The van der Waals surface area contributed by atoms with Gasteiger partial charge in [0.25, 0.3) is 0 Å². The van der Waals surface area contributed by atoms with Gasteiger partial charge in [0, 0.05) is 25.0 Å². The molecule has 1 aliphatic rings. The molecule has 0 aliphatic carbocycles. The van der Waals surface area contributed by atoms with Crippen molar-refractivity contribution in [1.29, 1.82) is 0 Å². The second-order valence-corrected chi connectivity index (χ2v) is 10.7. The van der Waals surface area contributed by atoms with E-state index in [0.29, 0.717) is 31.7 Å². The van der Waals surface area contributed by atoms with Crippen molar-refractivity contribution < 1.29 is 22.4 Å². The van der Waals surface area contributed by atoms with E-state index in [2.05, 4.69) is 10.0 Å². The SMILES string of the molecule is CCC(CC)C(=O)N1CCC(NC(=O)C(CCSC)NS(=O)(=O)c2ccccc2F)CC1. The predicted molar refractivity (Wildman–Crippen MR) is 125 cm³/mol. The highest BCUT2D eigenvalue weighted by Crippen LogP contribution is 2.18. The molecule has 2 rings (SSSR count). The molecular weight excluding hydrogens is 453 g/mol. The van der Waals surface area contributed by atoms with Crippen molar-refractivity contribution in [3.8, 4) is 0 Å². The monoisotopic (exact) mass is 487 g/mol. The summed E-state index contributed by atoms with van der Waals surface area (Å²) >= 11 is 1.50. The van der Waals surface area contributed by atoms with Gasteiger partial charge in [-0.2, -0.15) is 16.5 Å². The summed E-state index contributed by atoms with van der Waals surface area (Å²) in [6.07, 6.45) is 5.01. The smallest absolute Gasteiger partial charge is 0.244 e. The zero-order chi connectivity index (χ0) is 23.7. The van der Waals surface area contributed by atoms with Crippen LogP contribution in [-0.4, -0.2) is 62.3 Å².